The van der Waals surface area contributed by atoms with E-state index in [0.29, 0.717) is 0 Å². The lowest BCUT2D eigenvalue weighted by Gasteiger charge is -2.34. The van der Waals surface area contributed by atoms with Gasteiger partial charge in [-0.15, -0.1) is 11.3 Å². The molecule has 0 saturated carbocycles. The largest absolute Gasteiger partial charge is 0.497 e. The summed E-state index contributed by atoms with van der Waals surface area (Å²) in [4.78, 5) is 21.1. The van der Waals surface area contributed by atoms with Crippen LogP contribution in [0.5, 0.6) is 5.75 Å². The number of hydrogen-bond donors (Lipinski definition) is 1. The van der Waals surface area contributed by atoms with Gasteiger partial charge >= 0.3 is 6.03 Å². The zero-order valence-corrected chi connectivity index (χ0v) is 16.4. The van der Waals surface area contributed by atoms with Crippen molar-refractivity contribution in [1.82, 2.24) is 20.1 Å². The maximum absolute atomic E-state index is 12.1. The van der Waals surface area contributed by atoms with Crippen LogP contribution in [0, 0.1) is 0 Å². The van der Waals surface area contributed by atoms with E-state index in [1.165, 1.54) is 0 Å². The number of methoxy groups -OCH3 is 1. The van der Waals surface area contributed by atoms with Crippen LogP contribution in [0.15, 0.2) is 29.6 Å². The first-order valence-corrected chi connectivity index (χ1v) is 9.79. The average Bonchev–Trinajstić information content (AvgIpc) is 3.10. The third kappa shape index (κ3) is 4.74. The van der Waals surface area contributed by atoms with E-state index in [4.69, 9.17) is 9.72 Å². The minimum absolute atomic E-state index is 0.0363. The molecule has 3 rings (SSSR count). The van der Waals surface area contributed by atoms with Crippen LogP contribution >= 0.6 is 11.3 Å². The van der Waals surface area contributed by atoms with Crippen LogP contribution < -0.4 is 10.1 Å². The van der Waals surface area contributed by atoms with Crippen LogP contribution in [0.25, 0.3) is 11.3 Å². The van der Waals surface area contributed by atoms with Crippen LogP contribution in [0.4, 0.5) is 4.79 Å². The summed E-state index contributed by atoms with van der Waals surface area (Å²) >= 11 is 1.68. The van der Waals surface area contributed by atoms with Crippen molar-refractivity contribution in [3.63, 3.8) is 0 Å². The van der Waals surface area contributed by atoms with Crippen molar-refractivity contribution in [3.05, 3.63) is 34.7 Å². The van der Waals surface area contributed by atoms with Gasteiger partial charge in [0.25, 0.3) is 0 Å². The topological polar surface area (TPSA) is 57.7 Å². The first kappa shape index (κ1) is 18.7. The SMILES string of the molecule is COc1cccc(-c2csc(CN3CCN(C(=O)NC(C)C)CC3)n2)c1. The Labute approximate surface area is 158 Å². The minimum Gasteiger partial charge on any atom is -0.497 e. The molecule has 1 N–H and O–H groups in total. The van der Waals surface area contributed by atoms with E-state index in [2.05, 4.69) is 15.6 Å². The molecular weight excluding hydrogens is 348 g/mol. The summed E-state index contributed by atoms with van der Waals surface area (Å²) in [5, 5.41) is 6.15. The lowest BCUT2D eigenvalue weighted by Crippen LogP contribution is -2.52. The summed E-state index contributed by atoms with van der Waals surface area (Å²) in [5.41, 5.74) is 2.06. The van der Waals surface area contributed by atoms with E-state index in [1.54, 1.807) is 18.4 Å². The number of piperazine rings is 1. The Bertz CT molecular complexity index is 739. The van der Waals surface area contributed by atoms with Crippen LogP contribution in [-0.4, -0.2) is 60.1 Å². The molecule has 1 saturated heterocycles. The predicted molar refractivity (Wildman–Crippen MR) is 105 cm³/mol. The first-order chi connectivity index (χ1) is 12.5. The summed E-state index contributed by atoms with van der Waals surface area (Å²) in [6, 6.07) is 8.18. The molecule has 2 aromatic rings. The minimum atomic E-state index is 0.0363. The van der Waals surface area contributed by atoms with Gasteiger partial charge in [-0.2, -0.15) is 0 Å². The Balaban J connectivity index is 1.55. The number of nitrogens with one attached hydrogen (secondary N) is 1. The van der Waals surface area contributed by atoms with E-state index in [9.17, 15) is 4.79 Å². The Morgan fingerprint density at radius 1 is 1.31 bits per heavy atom. The van der Waals surface area contributed by atoms with Gasteiger partial charge in [0.1, 0.15) is 10.8 Å². The second-order valence-corrected chi connectivity index (χ2v) is 7.67. The molecule has 1 aromatic heterocycles. The van der Waals surface area contributed by atoms with Gasteiger partial charge < -0.3 is 15.0 Å². The summed E-state index contributed by atoms with van der Waals surface area (Å²) in [6.07, 6.45) is 0. The van der Waals surface area contributed by atoms with Gasteiger partial charge in [-0.1, -0.05) is 12.1 Å². The summed E-state index contributed by atoms with van der Waals surface area (Å²) < 4.78 is 5.29. The fraction of sp³-hybridized carbons (Fsp3) is 0.474. The van der Waals surface area contributed by atoms with Crippen LogP contribution in [0.3, 0.4) is 0 Å². The van der Waals surface area contributed by atoms with E-state index in [1.807, 2.05) is 43.0 Å². The Hall–Kier alpha value is -2.12. The third-order valence-electron chi connectivity index (χ3n) is 4.35. The normalized spacial score (nSPS) is 15.3. The van der Waals surface area contributed by atoms with Crippen LogP contribution in [0.1, 0.15) is 18.9 Å². The molecule has 0 atom stereocenters. The highest BCUT2D eigenvalue weighted by Gasteiger charge is 2.22. The number of nitrogens with zero attached hydrogens (tertiary/aromatic N) is 3. The molecular formula is C19H26N4O2S. The highest BCUT2D eigenvalue weighted by molar-refractivity contribution is 7.09. The summed E-state index contributed by atoms with van der Waals surface area (Å²) in [5.74, 6) is 0.841. The Morgan fingerprint density at radius 2 is 2.08 bits per heavy atom. The van der Waals surface area contributed by atoms with Gasteiger partial charge in [0.15, 0.2) is 0 Å². The maximum Gasteiger partial charge on any atom is 0.317 e. The Kier molecular flexibility index (Phi) is 6.11. The molecule has 1 aliphatic heterocycles. The van der Waals surface area contributed by atoms with Crippen molar-refractivity contribution in [1.29, 1.82) is 0 Å². The predicted octanol–water partition coefficient (Wildman–Crippen LogP) is 3.05. The van der Waals surface area contributed by atoms with Gasteiger partial charge in [0.05, 0.1) is 19.3 Å². The monoisotopic (exact) mass is 374 g/mol. The van der Waals surface area contributed by atoms with Crippen molar-refractivity contribution in [2.24, 2.45) is 0 Å². The van der Waals surface area contributed by atoms with Crippen LogP contribution in [-0.2, 0) is 6.54 Å². The van der Waals surface area contributed by atoms with Crippen molar-refractivity contribution >= 4 is 17.4 Å². The van der Waals surface area contributed by atoms with Crippen molar-refractivity contribution in [3.8, 4) is 17.0 Å². The smallest absolute Gasteiger partial charge is 0.317 e. The zero-order chi connectivity index (χ0) is 18.5. The molecule has 1 fully saturated rings. The number of ether oxygens (including phenoxy) is 1. The second kappa shape index (κ2) is 8.51. The molecule has 0 bridgehead atoms. The average molecular weight is 375 g/mol. The molecule has 1 aliphatic rings. The van der Waals surface area contributed by atoms with Gasteiger partial charge in [0, 0.05) is 43.2 Å². The number of aromatic nitrogens is 1. The van der Waals surface area contributed by atoms with Crippen molar-refractivity contribution in [2.75, 3.05) is 33.3 Å². The molecule has 0 unspecified atom stereocenters. The molecule has 2 amide bonds. The van der Waals surface area contributed by atoms with Gasteiger partial charge in [-0.05, 0) is 26.0 Å². The quantitative estimate of drug-likeness (QED) is 0.874. The number of amides is 2. The first-order valence-electron chi connectivity index (χ1n) is 8.92. The van der Waals surface area contributed by atoms with Crippen molar-refractivity contribution in [2.45, 2.75) is 26.4 Å². The molecule has 0 spiro atoms. The van der Waals surface area contributed by atoms with Gasteiger partial charge in [0.2, 0.25) is 0 Å². The van der Waals surface area contributed by atoms with Gasteiger partial charge in [-0.3, -0.25) is 4.90 Å². The third-order valence-corrected chi connectivity index (χ3v) is 5.18. The molecule has 140 valence electrons. The molecule has 0 radical (unpaired) electrons. The second-order valence-electron chi connectivity index (χ2n) is 6.73. The van der Waals surface area contributed by atoms with E-state index in [0.717, 1.165) is 54.7 Å². The van der Waals surface area contributed by atoms with Crippen LogP contribution in [0.2, 0.25) is 0 Å². The lowest BCUT2D eigenvalue weighted by atomic mass is 10.2. The number of thiazole rings is 1. The molecule has 6 nitrogen and oxygen atoms in total. The zero-order valence-electron chi connectivity index (χ0n) is 15.6. The van der Waals surface area contributed by atoms with E-state index in [-0.39, 0.29) is 12.1 Å². The fourth-order valence-electron chi connectivity index (χ4n) is 2.94. The molecule has 0 aliphatic carbocycles. The number of rotatable bonds is 5. The molecule has 26 heavy (non-hydrogen) atoms. The fourth-order valence-corrected chi connectivity index (χ4v) is 3.78. The van der Waals surface area contributed by atoms with E-state index < -0.39 is 0 Å². The lowest BCUT2D eigenvalue weighted by molar-refractivity contribution is 0.134. The van der Waals surface area contributed by atoms with Crippen molar-refractivity contribution < 1.29 is 9.53 Å². The molecule has 2 heterocycles. The number of carbonyl (C=O) groups excluding carboxylic acids is 1. The highest BCUT2D eigenvalue weighted by atomic mass is 32.1. The van der Waals surface area contributed by atoms with Gasteiger partial charge in [-0.25, -0.2) is 9.78 Å². The number of urea groups is 1. The standard InChI is InChI=1S/C19H26N4O2S/c1-14(2)20-19(24)23-9-7-22(8-10-23)12-18-21-17(13-26-18)15-5-4-6-16(11-15)25-3/h4-6,11,13-14H,7-10,12H2,1-3H3,(H,20,24). The molecule has 1 aromatic carbocycles. The number of hydrogen-bond acceptors (Lipinski definition) is 5. The highest BCUT2D eigenvalue weighted by Crippen LogP contribution is 2.26. The number of carbonyl (C=O) groups is 1. The summed E-state index contributed by atoms with van der Waals surface area (Å²) in [6.45, 7) is 8.06. The summed E-state index contributed by atoms with van der Waals surface area (Å²) in [7, 11) is 1.67. The number of benzene rings is 1. The molecule has 7 heteroatoms. The maximum atomic E-state index is 12.1. The van der Waals surface area contributed by atoms with E-state index >= 15 is 0 Å². The Morgan fingerprint density at radius 3 is 2.77 bits per heavy atom.